The van der Waals surface area contributed by atoms with Gasteiger partial charge in [0, 0.05) is 7.05 Å². The SMILES string of the molecule is Cn1nnnc1C(C=O)=CC=C(c1ccc(F)cc1)c1ccc(F)cc1. The van der Waals surface area contributed by atoms with Crippen molar-refractivity contribution < 1.29 is 13.6 Å². The minimum absolute atomic E-state index is 0.277. The van der Waals surface area contributed by atoms with Crippen LogP contribution in [0, 0.1) is 11.6 Å². The largest absolute Gasteiger partial charge is 0.298 e. The van der Waals surface area contributed by atoms with Crippen LogP contribution >= 0.6 is 0 Å². The lowest BCUT2D eigenvalue weighted by Gasteiger charge is -2.08. The number of aldehydes is 1. The summed E-state index contributed by atoms with van der Waals surface area (Å²) in [5.41, 5.74) is 2.41. The number of rotatable bonds is 5. The molecule has 0 fully saturated rings. The average Bonchev–Trinajstić information content (AvgIpc) is 3.07. The van der Waals surface area contributed by atoms with Crippen LogP contribution < -0.4 is 0 Å². The van der Waals surface area contributed by atoms with Gasteiger partial charge in [-0.05, 0) is 57.5 Å². The first kappa shape index (κ1) is 17.3. The van der Waals surface area contributed by atoms with Gasteiger partial charge in [-0.25, -0.2) is 13.5 Å². The molecule has 1 heterocycles. The molecule has 0 bridgehead atoms. The van der Waals surface area contributed by atoms with Crippen molar-refractivity contribution >= 4 is 17.4 Å². The third-order valence-corrected chi connectivity index (χ3v) is 3.75. The van der Waals surface area contributed by atoms with E-state index < -0.39 is 0 Å². The predicted molar refractivity (Wildman–Crippen MR) is 92.7 cm³/mol. The Morgan fingerprint density at radius 1 is 0.923 bits per heavy atom. The minimum Gasteiger partial charge on any atom is -0.298 e. The van der Waals surface area contributed by atoms with Crippen LogP contribution in [0.4, 0.5) is 8.78 Å². The van der Waals surface area contributed by atoms with E-state index in [9.17, 15) is 13.6 Å². The van der Waals surface area contributed by atoms with E-state index in [0.717, 1.165) is 11.1 Å². The van der Waals surface area contributed by atoms with Crippen molar-refractivity contribution in [2.75, 3.05) is 0 Å². The molecule has 0 atom stereocenters. The zero-order chi connectivity index (χ0) is 18.5. The highest BCUT2D eigenvalue weighted by Crippen LogP contribution is 2.25. The van der Waals surface area contributed by atoms with Crippen LogP contribution in [0.25, 0.3) is 11.1 Å². The van der Waals surface area contributed by atoms with Gasteiger partial charge in [0.15, 0.2) is 12.1 Å². The molecule has 5 nitrogen and oxygen atoms in total. The molecule has 0 radical (unpaired) electrons. The lowest BCUT2D eigenvalue weighted by molar-refractivity contribution is -0.103. The fourth-order valence-electron chi connectivity index (χ4n) is 2.43. The van der Waals surface area contributed by atoms with Crippen LogP contribution in [0.15, 0.2) is 60.7 Å². The van der Waals surface area contributed by atoms with E-state index in [0.29, 0.717) is 17.7 Å². The molecule has 1 aromatic heterocycles. The Hall–Kier alpha value is -3.48. The van der Waals surface area contributed by atoms with Crippen molar-refractivity contribution in [3.63, 3.8) is 0 Å². The topological polar surface area (TPSA) is 60.7 Å². The standard InChI is InChI=1S/C19H14F2N4O/c1-25-19(22-23-24-25)15(12-26)6-11-18(13-2-7-16(20)8-3-13)14-4-9-17(21)10-5-14/h2-12H,1H3. The maximum Gasteiger partial charge on any atom is 0.185 e. The molecule has 0 N–H and O–H groups in total. The number of allylic oxidation sites excluding steroid dienone is 3. The van der Waals surface area contributed by atoms with E-state index in [4.69, 9.17) is 0 Å². The molecule has 26 heavy (non-hydrogen) atoms. The number of benzene rings is 2. The molecule has 0 aliphatic rings. The molecule has 0 saturated heterocycles. The maximum absolute atomic E-state index is 13.3. The van der Waals surface area contributed by atoms with Gasteiger partial charge >= 0.3 is 0 Å². The number of tetrazole rings is 1. The number of halogens is 2. The molecule has 0 spiro atoms. The third kappa shape index (κ3) is 3.77. The third-order valence-electron chi connectivity index (χ3n) is 3.75. The summed E-state index contributed by atoms with van der Waals surface area (Å²) in [6.45, 7) is 0. The van der Waals surface area contributed by atoms with E-state index in [1.807, 2.05) is 0 Å². The molecule has 130 valence electrons. The maximum atomic E-state index is 13.3. The van der Waals surface area contributed by atoms with Gasteiger partial charge < -0.3 is 0 Å². The molecule has 3 aromatic rings. The molecule has 0 amide bonds. The first-order chi connectivity index (χ1) is 12.6. The van der Waals surface area contributed by atoms with E-state index >= 15 is 0 Å². The van der Waals surface area contributed by atoms with Crippen LogP contribution in [0.2, 0.25) is 0 Å². The van der Waals surface area contributed by atoms with Crippen LogP contribution in [-0.2, 0) is 11.8 Å². The Morgan fingerprint density at radius 3 is 1.88 bits per heavy atom. The lowest BCUT2D eigenvalue weighted by atomic mass is 9.97. The molecule has 3 rings (SSSR count). The van der Waals surface area contributed by atoms with Gasteiger partial charge in [0.2, 0.25) is 0 Å². The predicted octanol–water partition coefficient (Wildman–Crippen LogP) is 3.20. The second-order valence-electron chi connectivity index (χ2n) is 5.46. The minimum atomic E-state index is -0.360. The van der Waals surface area contributed by atoms with Gasteiger partial charge in [0.1, 0.15) is 11.6 Å². The van der Waals surface area contributed by atoms with E-state index in [1.54, 1.807) is 43.5 Å². The van der Waals surface area contributed by atoms with Crippen LogP contribution in [0.1, 0.15) is 17.0 Å². The molecule has 7 heteroatoms. The van der Waals surface area contributed by atoms with Gasteiger partial charge in [-0.15, -0.1) is 5.10 Å². The molecule has 0 aliphatic heterocycles. The molecule has 0 aliphatic carbocycles. The number of hydrogen-bond donors (Lipinski definition) is 0. The average molecular weight is 352 g/mol. The quantitative estimate of drug-likeness (QED) is 0.402. The number of carbonyl (C=O) groups is 1. The number of aromatic nitrogens is 4. The Labute approximate surface area is 148 Å². The Kier molecular flexibility index (Phi) is 5.07. The van der Waals surface area contributed by atoms with E-state index in [-0.39, 0.29) is 17.2 Å². The molecular formula is C19H14F2N4O. The summed E-state index contributed by atoms with van der Waals surface area (Å²) in [5, 5.41) is 11.0. The highest BCUT2D eigenvalue weighted by molar-refractivity contribution is 6.06. The fourth-order valence-corrected chi connectivity index (χ4v) is 2.43. The first-order valence-corrected chi connectivity index (χ1v) is 7.70. The second-order valence-corrected chi connectivity index (χ2v) is 5.46. The van der Waals surface area contributed by atoms with Crippen molar-refractivity contribution in [1.29, 1.82) is 0 Å². The zero-order valence-corrected chi connectivity index (χ0v) is 13.8. The highest BCUT2D eigenvalue weighted by Gasteiger charge is 2.09. The van der Waals surface area contributed by atoms with Crippen LogP contribution in [0.5, 0.6) is 0 Å². The summed E-state index contributed by atoms with van der Waals surface area (Å²) in [5.74, 6) is -0.406. The summed E-state index contributed by atoms with van der Waals surface area (Å²) in [6.07, 6.45) is 3.91. The summed E-state index contributed by atoms with van der Waals surface area (Å²) in [4.78, 5) is 11.4. The number of hydrogen-bond acceptors (Lipinski definition) is 4. The molecule has 0 saturated carbocycles. The summed E-state index contributed by atoms with van der Waals surface area (Å²) in [7, 11) is 1.62. The Bertz CT molecular complexity index is 926. The van der Waals surface area contributed by atoms with E-state index in [1.165, 1.54) is 28.9 Å². The number of aryl methyl sites for hydroxylation is 1. The fraction of sp³-hybridized carbons (Fsp3) is 0.0526. The number of nitrogens with zero attached hydrogens (tertiary/aromatic N) is 4. The summed E-state index contributed by atoms with van der Waals surface area (Å²) in [6, 6.07) is 11.8. The van der Waals surface area contributed by atoms with Gasteiger partial charge in [0.25, 0.3) is 0 Å². The molecule has 0 unspecified atom stereocenters. The van der Waals surface area contributed by atoms with Crippen molar-refractivity contribution in [1.82, 2.24) is 20.2 Å². The summed E-state index contributed by atoms with van der Waals surface area (Å²) < 4.78 is 27.9. The van der Waals surface area contributed by atoms with Gasteiger partial charge in [-0.1, -0.05) is 30.3 Å². The normalized spacial score (nSPS) is 11.3. The van der Waals surface area contributed by atoms with Crippen molar-refractivity contribution in [2.45, 2.75) is 0 Å². The molecular weight excluding hydrogens is 338 g/mol. The van der Waals surface area contributed by atoms with Crippen LogP contribution in [-0.4, -0.2) is 26.5 Å². The highest BCUT2D eigenvalue weighted by atomic mass is 19.1. The molecule has 2 aromatic carbocycles. The van der Waals surface area contributed by atoms with Gasteiger partial charge in [-0.2, -0.15) is 0 Å². The van der Waals surface area contributed by atoms with Crippen molar-refractivity contribution in [3.05, 3.63) is 89.3 Å². The number of carbonyl (C=O) groups excluding carboxylic acids is 1. The Balaban J connectivity index is 2.10. The first-order valence-electron chi connectivity index (χ1n) is 7.70. The Morgan fingerprint density at radius 2 is 1.46 bits per heavy atom. The van der Waals surface area contributed by atoms with Crippen LogP contribution in [0.3, 0.4) is 0 Å². The second kappa shape index (κ2) is 7.60. The summed E-state index contributed by atoms with van der Waals surface area (Å²) >= 11 is 0. The van der Waals surface area contributed by atoms with Crippen molar-refractivity contribution in [2.24, 2.45) is 7.05 Å². The monoisotopic (exact) mass is 352 g/mol. The van der Waals surface area contributed by atoms with Gasteiger partial charge in [-0.3, -0.25) is 4.79 Å². The smallest absolute Gasteiger partial charge is 0.185 e. The zero-order valence-electron chi connectivity index (χ0n) is 13.8. The van der Waals surface area contributed by atoms with Gasteiger partial charge in [0.05, 0.1) is 5.57 Å². The lowest BCUT2D eigenvalue weighted by Crippen LogP contribution is -1.99. The van der Waals surface area contributed by atoms with E-state index in [2.05, 4.69) is 15.5 Å². The van der Waals surface area contributed by atoms with Crippen molar-refractivity contribution in [3.8, 4) is 0 Å².